The zero-order valence-corrected chi connectivity index (χ0v) is 11.2. The molecule has 5 heteroatoms. The maximum Gasteiger partial charge on any atom is 0.263 e. The predicted octanol–water partition coefficient (Wildman–Crippen LogP) is 0.788. The summed E-state index contributed by atoms with van der Waals surface area (Å²) in [6.45, 7) is 0.930. The highest BCUT2D eigenvalue weighted by molar-refractivity contribution is 5.80. The van der Waals surface area contributed by atoms with E-state index in [1.807, 2.05) is 0 Å². The minimum Gasteiger partial charge on any atom is -0.364 e. The molecule has 1 amide bonds. The molecule has 0 aromatic rings. The van der Waals surface area contributed by atoms with Gasteiger partial charge in [0.15, 0.2) is 0 Å². The van der Waals surface area contributed by atoms with Crippen molar-refractivity contribution in [2.24, 2.45) is 5.84 Å². The second-order valence-corrected chi connectivity index (χ2v) is 5.56. The van der Waals surface area contributed by atoms with Crippen molar-refractivity contribution >= 4 is 5.91 Å². The molecule has 18 heavy (non-hydrogen) atoms. The van der Waals surface area contributed by atoms with Gasteiger partial charge >= 0.3 is 0 Å². The Morgan fingerprint density at radius 3 is 2.67 bits per heavy atom. The van der Waals surface area contributed by atoms with E-state index in [0.29, 0.717) is 6.04 Å². The summed E-state index contributed by atoms with van der Waals surface area (Å²) in [5, 5.41) is 0. The minimum absolute atomic E-state index is 0.180. The maximum absolute atomic E-state index is 11.4. The van der Waals surface area contributed by atoms with Crippen molar-refractivity contribution in [3.05, 3.63) is 0 Å². The van der Waals surface area contributed by atoms with Crippen LogP contribution in [0.15, 0.2) is 0 Å². The molecule has 1 aliphatic carbocycles. The van der Waals surface area contributed by atoms with E-state index in [-0.39, 0.29) is 18.1 Å². The lowest BCUT2D eigenvalue weighted by Crippen LogP contribution is -2.41. The molecule has 0 bridgehead atoms. The number of hydrazine groups is 1. The van der Waals surface area contributed by atoms with Crippen LogP contribution in [0.4, 0.5) is 0 Å². The molecular formula is C13H25N3O2. The highest BCUT2D eigenvalue weighted by Crippen LogP contribution is 2.25. The fourth-order valence-electron chi connectivity index (χ4n) is 3.12. The number of nitrogens with zero attached hydrogens (tertiary/aromatic N) is 1. The number of rotatable bonds is 4. The second kappa shape index (κ2) is 6.50. The maximum atomic E-state index is 11.4. The number of hydrogen-bond donors (Lipinski definition) is 2. The van der Waals surface area contributed by atoms with Crippen molar-refractivity contribution in [2.75, 3.05) is 13.6 Å². The Hall–Kier alpha value is -0.650. The van der Waals surface area contributed by atoms with Crippen LogP contribution in [-0.4, -0.2) is 42.6 Å². The molecule has 2 rings (SSSR count). The lowest BCUT2D eigenvalue weighted by molar-refractivity contribution is -0.132. The summed E-state index contributed by atoms with van der Waals surface area (Å²) in [6.07, 6.45) is 8.24. The smallest absolute Gasteiger partial charge is 0.263 e. The van der Waals surface area contributed by atoms with Gasteiger partial charge in [0.25, 0.3) is 5.91 Å². The lowest BCUT2D eigenvalue weighted by Gasteiger charge is -2.32. The molecule has 0 aromatic heterocycles. The Balaban J connectivity index is 1.74. The minimum atomic E-state index is -0.347. The number of amides is 1. The normalized spacial score (nSPS) is 29.7. The molecule has 2 atom stereocenters. The molecule has 0 aromatic carbocycles. The van der Waals surface area contributed by atoms with Crippen LogP contribution >= 0.6 is 0 Å². The standard InChI is InChI=1S/C13H25N3O2/c1-16(10-5-3-2-4-6-10)9-11-7-8-12(18-11)13(17)15-14/h10-12H,2-9,14H2,1H3,(H,15,17). The van der Waals surface area contributed by atoms with Gasteiger partial charge in [-0.1, -0.05) is 19.3 Å². The fraction of sp³-hybridized carbons (Fsp3) is 0.923. The molecule has 0 spiro atoms. The first-order valence-corrected chi connectivity index (χ1v) is 7.07. The lowest BCUT2D eigenvalue weighted by atomic mass is 9.94. The predicted molar refractivity (Wildman–Crippen MR) is 69.7 cm³/mol. The van der Waals surface area contributed by atoms with Gasteiger partial charge in [0, 0.05) is 12.6 Å². The Labute approximate surface area is 109 Å². The molecular weight excluding hydrogens is 230 g/mol. The third-order valence-electron chi connectivity index (χ3n) is 4.23. The van der Waals surface area contributed by atoms with Gasteiger partial charge in [0.2, 0.25) is 0 Å². The summed E-state index contributed by atoms with van der Waals surface area (Å²) >= 11 is 0. The first kappa shape index (κ1) is 13.8. The van der Waals surface area contributed by atoms with Gasteiger partial charge in [-0.25, -0.2) is 5.84 Å². The zero-order valence-electron chi connectivity index (χ0n) is 11.2. The highest BCUT2D eigenvalue weighted by atomic mass is 16.5. The van der Waals surface area contributed by atoms with Crippen molar-refractivity contribution in [1.29, 1.82) is 0 Å². The topological polar surface area (TPSA) is 67.6 Å². The molecule has 2 fully saturated rings. The third-order valence-corrected chi connectivity index (χ3v) is 4.23. The van der Waals surface area contributed by atoms with Crippen LogP contribution in [0.2, 0.25) is 0 Å². The van der Waals surface area contributed by atoms with Gasteiger partial charge in [-0.15, -0.1) is 0 Å². The average molecular weight is 255 g/mol. The molecule has 1 saturated carbocycles. The van der Waals surface area contributed by atoms with E-state index in [4.69, 9.17) is 10.6 Å². The molecule has 5 nitrogen and oxygen atoms in total. The second-order valence-electron chi connectivity index (χ2n) is 5.56. The fourth-order valence-corrected chi connectivity index (χ4v) is 3.12. The van der Waals surface area contributed by atoms with Crippen molar-refractivity contribution in [3.63, 3.8) is 0 Å². The first-order chi connectivity index (χ1) is 8.70. The van der Waals surface area contributed by atoms with Crippen molar-refractivity contribution < 1.29 is 9.53 Å². The Morgan fingerprint density at radius 1 is 1.28 bits per heavy atom. The summed E-state index contributed by atoms with van der Waals surface area (Å²) in [4.78, 5) is 13.8. The van der Waals surface area contributed by atoms with E-state index in [2.05, 4.69) is 17.4 Å². The number of hydrogen-bond acceptors (Lipinski definition) is 4. The van der Waals surface area contributed by atoms with Crippen molar-refractivity contribution in [1.82, 2.24) is 10.3 Å². The van der Waals surface area contributed by atoms with E-state index in [1.54, 1.807) is 0 Å². The van der Waals surface area contributed by atoms with E-state index in [9.17, 15) is 4.79 Å². The van der Waals surface area contributed by atoms with Gasteiger partial charge in [0.1, 0.15) is 6.10 Å². The number of likely N-dealkylation sites (N-methyl/N-ethyl adjacent to an activating group) is 1. The summed E-state index contributed by atoms with van der Waals surface area (Å²) in [6, 6.07) is 0.699. The number of ether oxygens (including phenoxy) is 1. The van der Waals surface area contributed by atoms with Crippen molar-refractivity contribution in [3.8, 4) is 0 Å². The van der Waals surface area contributed by atoms with Crippen LogP contribution in [0, 0.1) is 0 Å². The summed E-state index contributed by atoms with van der Waals surface area (Å²) in [7, 11) is 2.18. The molecule has 2 unspecified atom stereocenters. The van der Waals surface area contributed by atoms with Crippen LogP contribution in [0.1, 0.15) is 44.9 Å². The quantitative estimate of drug-likeness (QED) is 0.443. The monoisotopic (exact) mass is 255 g/mol. The van der Waals surface area contributed by atoms with Crippen LogP contribution < -0.4 is 11.3 Å². The molecule has 3 N–H and O–H groups in total. The Bertz CT molecular complexity index is 279. The van der Waals surface area contributed by atoms with E-state index in [0.717, 1.165) is 19.4 Å². The van der Waals surface area contributed by atoms with E-state index >= 15 is 0 Å². The third kappa shape index (κ3) is 3.43. The Kier molecular flexibility index (Phi) is 4.97. The van der Waals surface area contributed by atoms with Crippen LogP contribution in [0.5, 0.6) is 0 Å². The van der Waals surface area contributed by atoms with Gasteiger partial charge in [-0.2, -0.15) is 0 Å². The van der Waals surface area contributed by atoms with Gasteiger partial charge in [-0.05, 0) is 32.7 Å². The van der Waals surface area contributed by atoms with Crippen LogP contribution in [0.3, 0.4) is 0 Å². The van der Waals surface area contributed by atoms with Gasteiger partial charge in [-0.3, -0.25) is 10.2 Å². The number of nitrogens with two attached hydrogens (primary N) is 1. The van der Waals surface area contributed by atoms with Gasteiger partial charge < -0.3 is 9.64 Å². The van der Waals surface area contributed by atoms with Gasteiger partial charge in [0.05, 0.1) is 6.10 Å². The zero-order chi connectivity index (χ0) is 13.0. The molecule has 1 saturated heterocycles. The summed E-state index contributed by atoms with van der Waals surface area (Å²) in [5.41, 5.74) is 2.17. The summed E-state index contributed by atoms with van der Waals surface area (Å²) < 4.78 is 5.74. The summed E-state index contributed by atoms with van der Waals surface area (Å²) in [5.74, 6) is 4.93. The first-order valence-electron chi connectivity index (χ1n) is 7.07. The number of nitrogens with one attached hydrogen (secondary N) is 1. The molecule has 1 heterocycles. The van der Waals surface area contributed by atoms with Crippen LogP contribution in [0.25, 0.3) is 0 Å². The molecule has 2 aliphatic rings. The number of carbonyl (C=O) groups excluding carboxylic acids is 1. The van der Waals surface area contributed by atoms with E-state index < -0.39 is 0 Å². The average Bonchev–Trinajstić information content (AvgIpc) is 2.87. The highest BCUT2D eigenvalue weighted by Gasteiger charge is 2.32. The Morgan fingerprint density at radius 2 is 2.00 bits per heavy atom. The van der Waals surface area contributed by atoms with Crippen LogP contribution in [-0.2, 0) is 9.53 Å². The largest absolute Gasteiger partial charge is 0.364 e. The SMILES string of the molecule is CN(CC1CCC(C(=O)NN)O1)C1CCCCC1. The van der Waals surface area contributed by atoms with E-state index in [1.165, 1.54) is 32.1 Å². The van der Waals surface area contributed by atoms with Crippen molar-refractivity contribution in [2.45, 2.75) is 63.2 Å². The molecule has 0 radical (unpaired) electrons. The molecule has 104 valence electrons. The number of carbonyl (C=O) groups is 1. The molecule has 1 aliphatic heterocycles.